The Bertz CT molecular complexity index is 716. The summed E-state index contributed by atoms with van der Waals surface area (Å²) in [6.45, 7) is 4.11. The Morgan fingerprint density at radius 1 is 1.40 bits per heavy atom. The molecule has 0 saturated carbocycles. The molecule has 0 saturated heterocycles. The summed E-state index contributed by atoms with van der Waals surface area (Å²) in [6, 6.07) is 0. The van der Waals surface area contributed by atoms with Gasteiger partial charge in [-0.15, -0.1) is 11.3 Å². The third kappa shape index (κ3) is 2.87. The van der Waals surface area contributed by atoms with Gasteiger partial charge in [0.15, 0.2) is 0 Å². The molecule has 2 aromatic heterocycles. The van der Waals surface area contributed by atoms with E-state index in [0.717, 1.165) is 10.4 Å². The summed E-state index contributed by atoms with van der Waals surface area (Å²) in [5.41, 5.74) is 1.92. The average molecular weight is 314 g/mol. The highest BCUT2D eigenvalue weighted by Crippen LogP contribution is 2.29. The standard InChI is InChI=1S/C12H18N4O2S2/c1-8-7-19-11(5-13-3)12(8)20(17,18)15-10-6-16(4)14-9(10)2/h6-7,13,15H,5H2,1-4H3. The van der Waals surface area contributed by atoms with E-state index in [-0.39, 0.29) is 0 Å². The van der Waals surface area contributed by atoms with Gasteiger partial charge in [0.1, 0.15) is 4.90 Å². The fourth-order valence-corrected chi connectivity index (χ4v) is 4.95. The zero-order valence-electron chi connectivity index (χ0n) is 11.9. The number of anilines is 1. The molecule has 0 aliphatic carbocycles. The van der Waals surface area contributed by atoms with Crippen LogP contribution in [-0.4, -0.2) is 25.2 Å². The van der Waals surface area contributed by atoms with Crippen molar-refractivity contribution in [3.63, 3.8) is 0 Å². The first-order chi connectivity index (χ1) is 9.35. The second-order valence-corrected chi connectivity index (χ2v) is 7.19. The van der Waals surface area contributed by atoms with Gasteiger partial charge in [0.05, 0.1) is 11.4 Å². The third-order valence-corrected chi connectivity index (χ3v) is 5.68. The van der Waals surface area contributed by atoms with Gasteiger partial charge in [-0.05, 0) is 31.8 Å². The number of thiophene rings is 1. The Hall–Kier alpha value is -1.38. The minimum absolute atomic E-state index is 0.361. The van der Waals surface area contributed by atoms with E-state index in [1.165, 1.54) is 11.3 Å². The minimum atomic E-state index is -3.60. The molecule has 2 heterocycles. The fraction of sp³-hybridized carbons (Fsp3) is 0.417. The van der Waals surface area contributed by atoms with Crippen molar-refractivity contribution in [2.75, 3.05) is 11.8 Å². The van der Waals surface area contributed by atoms with Crippen molar-refractivity contribution >= 4 is 27.0 Å². The van der Waals surface area contributed by atoms with Crippen LogP contribution in [0.5, 0.6) is 0 Å². The van der Waals surface area contributed by atoms with Crippen LogP contribution in [0.4, 0.5) is 5.69 Å². The molecular formula is C12H18N4O2S2. The maximum Gasteiger partial charge on any atom is 0.263 e. The largest absolute Gasteiger partial charge is 0.315 e. The molecule has 0 radical (unpaired) electrons. The van der Waals surface area contributed by atoms with Crippen LogP contribution >= 0.6 is 11.3 Å². The quantitative estimate of drug-likeness (QED) is 0.879. The molecule has 0 bridgehead atoms. The Balaban J connectivity index is 2.40. The number of sulfonamides is 1. The normalized spacial score (nSPS) is 11.8. The summed E-state index contributed by atoms with van der Waals surface area (Å²) in [6.07, 6.45) is 1.66. The lowest BCUT2D eigenvalue weighted by Crippen LogP contribution is -2.17. The van der Waals surface area contributed by atoms with E-state index >= 15 is 0 Å². The van der Waals surface area contributed by atoms with Crippen LogP contribution in [0.15, 0.2) is 16.5 Å². The molecule has 0 aliphatic rings. The number of nitrogens with one attached hydrogen (secondary N) is 2. The second-order valence-electron chi connectivity index (χ2n) is 4.61. The van der Waals surface area contributed by atoms with Crippen LogP contribution in [0.3, 0.4) is 0 Å². The molecule has 0 aromatic carbocycles. The molecular weight excluding hydrogens is 296 g/mol. The van der Waals surface area contributed by atoms with Gasteiger partial charge < -0.3 is 5.32 Å². The maximum absolute atomic E-state index is 12.6. The van der Waals surface area contributed by atoms with Crippen LogP contribution in [0, 0.1) is 13.8 Å². The molecule has 20 heavy (non-hydrogen) atoms. The highest BCUT2D eigenvalue weighted by molar-refractivity contribution is 7.93. The van der Waals surface area contributed by atoms with Crippen LogP contribution in [0.1, 0.15) is 16.1 Å². The predicted octanol–water partition coefficient (Wildman–Crippen LogP) is 1.62. The average Bonchev–Trinajstić information content (AvgIpc) is 2.83. The van der Waals surface area contributed by atoms with Crippen LogP contribution < -0.4 is 10.0 Å². The molecule has 0 unspecified atom stereocenters. The van der Waals surface area contributed by atoms with Gasteiger partial charge in [0, 0.05) is 24.7 Å². The van der Waals surface area contributed by atoms with E-state index in [1.54, 1.807) is 38.8 Å². The van der Waals surface area contributed by atoms with E-state index in [2.05, 4.69) is 15.1 Å². The topological polar surface area (TPSA) is 76.0 Å². The number of nitrogens with zero attached hydrogens (tertiary/aromatic N) is 2. The van der Waals surface area contributed by atoms with E-state index < -0.39 is 10.0 Å². The van der Waals surface area contributed by atoms with E-state index in [9.17, 15) is 8.42 Å². The highest BCUT2D eigenvalue weighted by atomic mass is 32.2. The van der Waals surface area contributed by atoms with Crippen molar-refractivity contribution in [3.8, 4) is 0 Å². The van der Waals surface area contributed by atoms with Crippen molar-refractivity contribution in [1.29, 1.82) is 0 Å². The van der Waals surface area contributed by atoms with Crippen molar-refractivity contribution in [2.45, 2.75) is 25.3 Å². The molecule has 0 spiro atoms. The van der Waals surface area contributed by atoms with Crippen LogP contribution in [0.25, 0.3) is 0 Å². The lowest BCUT2D eigenvalue weighted by Gasteiger charge is -2.09. The van der Waals surface area contributed by atoms with Gasteiger partial charge in [-0.2, -0.15) is 5.10 Å². The van der Waals surface area contributed by atoms with Crippen molar-refractivity contribution in [3.05, 3.63) is 27.7 Å². The summed E-state index contributed by atoms with van der Waals surface area (Å²) >= 11 is 1.45. The number of hydrogen-bond donors (Lipinski definition) is 2. The maximum atomic E-state index is 12.6. The number of hydrogen-bond acceptors (Lipinski definition) is 5. The smallest absolute Gasteiger partial charge is 0.263 e. The van der Waals surface area contributed by atoms with Crippen LogP contribution in [-0.2, 0) is 23.6 Å². The van der Waals surface area contributed by atoms with Gasteiger partial charge >= 0.3 is 0 Å². The molecule has 2 N–H and O–H groups in total. The Morgan fingerprint density at radius 2 is 2.10 bits per heavy atom. The summed E-state index contributed by atoms with van der Waals surface area (Å²) in [7, 11) is -0.0428. The van der Waals surface area contributed by atoms with E-state index in [1.807, 2.05) is 5.38 Å². The first-order valence-electron chi connectivity index (χ1n) is 6.09. The van der Waals surface area contributed by atoms with Crippen molar-refractivity contribution < 1.29 is 8.42 Å². The number of aryl methyl sites for hydroxylation is 3. The zero-order valence-corrected chi connectivity index (χ0v) is 13.5. The summed E-state index contributed by atoms with van der Waals surface area (Å²) in [4.78, 5) is 1.17. The molecule has 2 rings (SSSR count). The third-order valence-electron chi connectivity index (χ3n) is 2.85. The number of aromatic nitrogens is 2. The summed E-state index contributed by atoms with van der Waals surface area (Å²) in [5.74, 6) is 0. The zero-order chi connectivity index (χ0) is 14.9. The first kappa shape index (κ1) is 15.0. The lowest BCUT2D eigenvalue weighted by atomic mass is 10.3. The monoisotopic (exact) mass is 314 g/mol. The van der Waals surface area contributed by atoms with Gasteiger partial charge in [0.25, 0.3) is 10.0 Å². The van der Waals surface area contributed by atoms with Crippen molar-refractivity contribution in [1.82, 2.24) is 15.1 Å². The molecule has 0 fully saturated rings. The molecule has 6 nitrogen and oxygen atoms in total. The van der Waals surface area contributed by atoms with Crippen molar-refractivity contribution in [2.24, 2.45) is 7.05 Å². The number of rotatable bonds is 5. The minimum Gasteiger partial charge on any atom is -0.315 e. The highest BCUT2D eigenvalue weighted by Gasteiger charge is 2.24. The lowest BCUT2D eigenvalue weighted by molar-refractivity contribution is 0.599. The Morgan fingerprint density at radius 3 is 2.65 bits per heavy atom. The van der Waals surface area contributed by atoms with Gasteiger partial charge in [0.2, 0.25) is 0 Å². The molecule has 0 aliphatic heterocycles. The van der Waals surface area contributed by atoms with Crippen LogP contribution in [0.2, 0.25) is 0 Å². The molecule has 0 atom stereocenters. The van der Waals surface area contributed by atoms with E-state index in [4.69, 9.17) is 0 Å². The van der Waals surface area contributed by atoms with Gasteiger partial charge in [-0.3, -0.25) is 9.40 Å². The summed E-state index contributed by atoms with van der Waals surface area (Å²) in [5, 5.41) is 8.99. The predicted molar refractivity (Wildman–Crippen MR) is 80.6 cm³/mol. The van der Waals surface area contributed by atoms with E-state index in [0.29, 0.717) is 22.8 Å². The summed E-state index contributed by atoms with van der Waals surface area (Å²) < 4.78 is 29.3. The Kier molecular flexibility index (Phi) is 4.17. The SMILES string of the molecule is CNCc1scc(C)c1S(=O)(=O)Nc1cn(C)nc1C. The fourth-order valence-electron chi connectivity index (χ4n) is 2.03. The molecule has 2 aromatic rings. The first-order valence-corrected chi connectivity index (χ1v) is 8.46. The van der Waals surface area contributed by atoms with Gasteiger partial charge in [-0.25, -0.2) is 8.42 Å². The Labute approximate surface area is 122 Å². The molecule has 8 heteroatoms. The molecule has 0 amide bonds. The van der Waals surface area contributed by atoms with Gasteiger partial charge in [-0.1, -0.05) is 0 Å². The molecule has 110 valence electrons. The second kappa shape index (κ2) is 5.55.